The Hall–Kier alpha value is -2.02. The van der Waals surface area contributed by atoms with E-state index in [-0.39, 0.29) is 36.8 Å². The van der Waals surface area contributed by atoms with E-state index in [0.717, 1.165) is 24.8 Å². The molecule has 0 spiro atoms. The van der Waals surface area contributed by atoms with E-state index in [9.17, 15) is 24.3 Å². The first kappa shape index (κ1) is 24.1. The fraction of sp³-hybridized carbons (Fsp3) is 0.769. The molecule has 184 valence electrons. The number of carbonyl (C=O) groups excluding carboxylic acids is 4. The highest BCUT2D eigenvalue weighted by Gasteiger charge is 2.70. The van der Waals surface area contributed by atoms with Crippen molar-refractivity contribution in [2.75, 3.05) is 6.61 Å². The van der Waals surface area contributed by atoms with Crippen LogP contribution < -0.4 is 0 Å². The summed E-state index contributed by atoms with van der Waals surface area (Å²) in [5.74, 6) is -0.999. The Morgan fingerprint density at radius 3 is 2.58 bits per heavy atom. The molecule has 0 heterocycles. The number of hydrogen-bond acceptors (Lipinski definition) is 7. The summed E-state index contributed by atoms with van der Waals surface area (Å²) in [6, 6.07) is 0. The van der Waals surface area contributed by atoms with Crippen LogP contribution >= 0.6 is 0 Å². The molecule has 7 unspecified atom stereocenters. The van der Waals surface area contributed by atoms with Crippen LogP contribution in [0.1, 0.15) is 80.5 Å². The highest BCUT2D eigenvalue weighted by molar-refractivity contribution is 5.93. The van der Waals surface area contributed by atoms with Gasteiger partial charge in [0.1, 0.15) is 0 Å². The Morgan fingerprint density at radius 1 is 1.18 bits per heavy atom. The lowest BCUT2D eigenvalue weighted by Crippen LogP contribution is -2.63. The van der Waals surface area contributed by atoms with Gasteiger partial charge in [-0.2, -0.15) is 0 Å². The second kappa shape index (κ2) is 8.33. The van der Waals surface area contributed by atoms with Crippen LogP contribution in [0.2, 0.25) is 0 Å². The van der Waals surface area contributed by atoms with Gasteiger partial charge in [-0.15, -0.1) is 0 Å². The number of carbonyl (C=O) groups is 4. The van der Waals surface area contributed by atoms with Crippen LogP contribution in [0.25, 0.3) is 0 Å². The van der Waals surface area contributed by atoms with Gasteiger partial charge in [-0.3, -0.25) is 19.2 Å². The van der Waals surface area contributed by atoms with E-state index in [4.69, 9.17) is 9.47 Å². The third-order valence-electron chi connectivity index (χ3n) is 9.45. The number of ether oxygens (including phenoxy) is 2. The lowest BCUT2D eigenvalue weighted by Gasteiger charge is -2.60. The zero-order valence-electron chi connectivity index (χ0n) is 20.1. The number of aliphatic hydroxyl groups is 1. The molecule has 0 aromatic heterocycles. The molecule has 0 aromatic carbocycles. The molecule has 1 N–H and O–H groups in total. The fourth-order valence-corrected chi connectivity index (χ4v) is 7.91. The lowest BCUT2D eigenvalue weighted by molar-refractivity contribution is -0.202. The number of allylic oxidation sites excluding steroid dienone is 1. The van der Waals surface area contributed by atoms with E-state index in [1.807, 2.05) is 6.92 Å². The van der Waals surface area contributed by atoms with Gasteiger partial charge in [0.25, 0.3) is 0 Å². The molecule has 4 aliphatic rings. The fourth-order valence-electron chi connectivity index (χ4n) is 7.91. The van der Waals surface area contributed by atoms with Crippen LogP contribution in [0.4, 0.5) is 0 Å². The summed E-state index contributed by atoms with van der Waals surface area (Å²) in [4.78, 5) is 49.4. The SMILES string of the molecule is CCC(=O)OC1(C(=O)COC(C)=O)CCC2C3CCC4=CC(=O)CCC4(C)C3C(O)CC21C.[HH]. The van der Waals surface area contributed by atoms with Crippen LogP contribution in [0.3, 0.4) is 0 Å². The summed E-state index contributed by atoms with van der Waals surface area (Å²) in [7, 11) is 0. The van der Waals surface area contributed by atoms with Crippen molar-refractivity contribution >= 4 is 23.5 Å². The highest BCUT2D eigenvalue weighted by atomic mass is 16.6. The number of hydrogen-bond donors (Lipinski definition) is 1. The smallest absolute Gasteiger partial charge is 0.306 e. The molecule has 0 aromatic rings. The Labute approximate surface area is 196 Å². The molecule has 4 aliphatic carbocycles. The first-order valence-electron chi connectivity index (χ1n) is 12.3. The standard InChI is InChI=1S/C26H36O7.H2/c1-5-22(31)33-26(21(30)14-32-15(2)27)11-9-19-18-7-6-16-12-17(28)8-10-24(16,3)23(18)20(29)13-25(19,26)4;/h12,18-20,23,29H,5-11,13-14H2,1-4H3;1H. The summed E-state index contributed by atoms with van der Waals surface area (Å²) < 4.78 is 11.0. The van der Waals surface area contributed by atoms with Gasteiger partial charge in [0.2, 0.25) is 5.78 Å². The average molecular weight is 463 g/mol. The van der Waals surface area contributed by atoms with Gasteiger partial charge in [0, 0.05) is 26.6 Å². The molecular formula is C26H38O7. The third-order valence-corrected chi connectivity index (χ3v) is 9.45. The van der Waals surface area contributed by atoms with Gasteiger partial charge >= 0.3 is 11.9 Å². The second-order valence-electron chi connectivity index (χ2n) is 11.0. The van der Waals surface area contributed by atoms with Gasteiger partial charge in [0.15, 0.2) is 18.0 Å². The molecule has 0 aliphatic heterocycles. The first-order chi connectivity index (χ1) is 15.5. The minimum atomic E-state index is -1.41. The molecule has 0 bridgehead atoms. The number of rotatable bonds is 5. The number of aliphatic hydroxyl groups excluding tert-OH is 1. The van der Waals surface area contributed by atoms with Crippen LogP contribution in [0.15, 0.2) is 11.6 Å². The quantitative estimate of drug-likeness (QED) is 0.623. The molecule has 3 saturated carbocycles. The Balaban J connectivity index is 0.00000324. The molecule has 4 rings (SSSR count). The van der Waals surface area contributed by atoms with E-state index >= 15 is 0 Å². The molecule has 0 radical (unpaired) electrons. The maximum absolute atomic E-state index is 13.5. The van der Waals surface area contributed by atoms with E-state index in [1.165, 1.54) is 6.92 Å². The first-order valence-corrected chi connectivity index (χ1v) is 12.3. The summed E-state index contributed by atoms with van der Waals surface area (Å²) >= 11 is 0. The molecule has 0 saturated heterocycles. The zero-order valence-corrected chi connectivity index (χ0v) is 20.1. The van der Waals surface area contributed by atoms with E-state index < -0.39 is 41.4 Å². The van der Waals surface area contributed by atoms with Gasteiger partial charge in [-0.25, -0.2) is 0 Å². The van der Waals surface area contributed by atoms with Gasteiger partial charge in [0.05, 0.1) is 6.10 Å². The molecule has 0 amide bonds. The minimum absolute atomic E-state index is 0. The normalized spacial score (nSPS) is 41.8. The molecule has 7 atom stereocenters. The van der Waals surface area contributed by atoms with Gasteiger partial charge in [-0.05, 0) is 67.8 Å². The van der Waals surface area contributed by atoms with Crippen molar-refractivity contribution in [2.45, 2.75) is 90.8 Å². The number of Topliss-reactive ketones (excluding diaryl/α,β-unsaturated/α-hetero) is 1. The van der Waals surface area contributed by atoms with Crippen molar-refractivity contribution < 1.29 is 35.2 Å². The van der Waals surface area contributed by atoms with Gasteiger partial charge < -0.3 is 14.6 Å². The third kappa shape index (κ3) is 3.58. The van der Waals surface area contributed by atoms with Crippen molar-refractivity contribution in [1.29, 1.82) is 0 Å². The summed E-state index contributed by atoms with van der Waals surface area (Å²) in [6.45, 7) is 6.64. The van der Waals surface area contributed by atoms with Gasteiger partial charge in [-0.1, -0.05) is 26.3 Å². The van der Waals surface area contributed by atoms with Crippen molar-refractivity contribution in [3.05, 3.63) is 11.6 Å². The topological polar surface area (TPSA) is 107 Å². The van der Waals surface area contributed by atoms with E-state index in [0.29, 0.717) is 25.7 Å². The number of esters is 2. The Kier molecular flexibility index (Phi) is 6.09. The van der Waals surface area contributed by atoms with Crippen molar-refractivity contribution in [3.8, 4) is 0 Å². The predicted octanol–water partition coefficient (Wildman–Crippen LogP) is 3.56. The summed E-state index contributed by atoms with van der Waals surface area (Å²) in [5, 5.41) is 11.6. The summed E-state index contributed by atoms with van der Waals surface area (Å²) in [6.07, 6.45) is 5.55. The average Bonchev–Trinajstić information content (AvgIpc) is 3.04. The number of fused-ring (bicyclic) bond motifs is 5. The largest absolute Gasteiger partial charge is 0.458 e. The van der Waals surface area contributed by atoms with Crippen LogP contribution in [0, 0.1) is 28.6 Å². The molecule has 7 heteroatoms. The molecule has 3 fully saturated rings. The van der Waals surface area contributed by atoms with Crippen molar-refractivity contribution in [1.82, 2.24) is 0 Å². The summed E-state index contributed by atoms with van der Waals surface area (Å²) in [5.41, 5.74) is -1.25. The van der Waals surface area contributed by atoms with E-state index in [1.54, 1.807) is 13.0 Å². The van der Waals surface area contributed by atoms with Crippen LogP contribution in [-0.2, 0) is 28.7 Å². The van der Waals surface area contributed by atoms with Crippen LogP contribution in [0.5, 0.6) is 0 Å². The maximum atomic E-state index is 13.5. The highest BCUT2D eigenvalue weighted by Crippen LogP contribution is 2.68. The second-order valence-corrected chi connectivity index (χ2v) is 11.0. The molecular weight excluding hydrogens is 424 g/mol. The number of ketones is 2. The predicted molar refractivity (Wildman–Crippen MR) is 121 cm³/mol. The Bertz CT molecular complexity index is 913. The lowest BCUT2D eigenvalue weighted by atomic mass is 9.45. The maximum Gasteiger partial charge on any atom is 0.306 e. The van der Waals surface area contributed by atoms with Crippen molar-refractivity contribution in [2.24, 2.45) is 28.6 Å². The van der Waals surface area contributed by atoms with Crippen molar-refractivity contribution in [3.63, 3.8) is 0 Å². The monoisotopic (exact) mass is 462 g/mol. The van der Waals surface area contributed by atoms with E-state index in [2.05, 4.69) is 6.92 Å². The minimum Gasteiger partial charge on any atom is -0.458 e. The zero-order chi connectivity index (χ0) is 24.2. The molecule has 33 heavy (non-hydrogen) atoms. The Morgan fingerprint density at radius 2 is 1.91 bits per heavy atom. The molecule has 7 nitrogen and oxygen atoms in total. The van der Waals surface area contributed by atoms with Crippen LogP contribution in [-0.4, -0.2) is 46.9 Å².